The van der Waals surface area contributed by atoms with Crippen LogP contribution in [0.15, 0.2) is 52.9 Å². The number of oxazole rings is 1. The van der Waals surface area contributed by atoms with Gasteiger partial charge < -0.3 is 19.2 Å². The summed E-state index contributed by atoms with van der Waals surface area (Å²) in [6, 6.07) is 15.9. The molecule has 0 spiro atoms. The monoisotopic (exact) mass is 406 g/mol. The van der Waals surface area contributed by atoms with Gasteiger partial charge in [0.25, 0.3) is 0 Å². The van der Waals surface area contributed by atoms with Gasteiger partial charge in [0, 0.05) is 36.3 Å². The molecule has 0 saturated heterocycles. The van der Waals surface area contributed by atoms with Gasteiger partial charge in [-0.15, -0.1) is 0 Å². The number of carboxylic acids is 1. The van der Waals surface area contributed by atoms with E-state index in [2.05, 4.69) is 16.0 Å². The number of rotatable bonds is 8. The smallest absolute Gasteiger partial charge is 0.305 e. The van der Waals surface area contributed by atoms with E-state index in [0.29, 0.717) is 25.5 Å². The number of carbonyl (C=O) groups is 1. The number of carboxylic acid groups (broad SMARTS) is 1. The third-order valence-corrected chi connectivity index (χ3v) is 5.41. The van der Waals surface area contributed by atoms with E-state index in [9.17, 15) is 4.79 Å². The van der Waals surface area contributed by atoms with Crippen LogP contribution in [0.5, 0.6) is 5.75 Å². The molecule has 0 atom stereocenters. The third kappa shape index (κ3) is 4.48. The molecule has 2 heterocycles. The Balaban J connectivity index is 1.42. The van der Waals surface area contributed by atoms with Crippen LogP contribution in [0.3, 0.4) is 0 Å². The number of aliphatic carboxylic acids is 1. The average molecular weight is 406 g/mol. The molecule has 6 heteroatoms. The molecule has 2 aromatic carbocycles. The van der Waals surface area contributed by atoms with Crippen molar-refractivity contribution in [2.24, 2.45) is 0 Å². The van der Waals surface area contributed by atoms with E-state index in [1.807, 2.05) is 49.4 Å². The van der Waals surface area contributed by atoms with Crippen LogP contribution >= 0.6 is 0 Å². The molecule has 1 N–H and O–H groups in total. The second kappa shape index (κ2) is 9.03. The van der Waals surface area contributed by atoms with E-state index >= 15 is 0 Å². The van der Waals surface area contributed by atoms with Crippen molar-refractivity contribution in [3.63, 3.8) is 0 Å². The quantitative estimate of drug-likeness (QED) is 0.594. The second-order valence-electron chi connectivity index (χ2n) is 7.47. The molecule has 30 heavy (non-hydrogen) atoms. The Bertz CT molecular complexity index is 1010. The zero-order chi connectivity index (χ0) is 20.9. The van der Waals surface area contributed by atoms with Crippen LogP contribution in [-0.2, 0) is 17.6 Å². The number of hydrogen-bond donors (Lipinski definition) is 1. The lowest BCUT2D eigenvalue weighted by molar-refractivity contribution is -0.136. The van der Waals surface area contributed by atoms with Crippen molar-refractivity contribution < 1.29 is 19.1 Å². The molecule has 6 nitrogen and oxygen atoms in total. The summed E-state index contributed by atoms with van der Waals surface area (Å²) in [5.41, 5.74) is 4.12. The van der Waals surface area contributed by atoms with E-state index in [-0.39, 0.29) is 6.42 Å². The summed E-state index contributed by atoms with van der Waals surface area (Å²) in [5.74, 6) is 1.55. The molecule has 0 bridgehead atoms. The van der Waals surface area contributed by atoms with Gasteiger partial charge >= 0.3 is 5.97 Å². The Morgan fingerprint density at radius 3 is 2.83 bits per heavy atom. The highest BCUT2D eigenvalue weighted by Gasteiger charge is 2.21. The van der Waals surface area contributed by atoms with Gasteiger partial charge in [0.15, 0.2) is 0 Å². The van der Waals surface area contributed by atoms with E-state index in [1.165, 1.54) is 0 Å². The van der Waals surface area contributed by atoms with Crippen molar-refractivity contribution in [2.75, 3.05) is 24.6 Å². The molecule has 1 aromatic heterocycles. The Hall–Kier alpha value is -3.28. The van der Waals surface area contributed by atoms with Crippen LogP contribution in [0, 0.1) is 6.92 Å². The standard InChI is InChI=1S/C24H26N2O4/c1-17-20(25-24(30-17)18-7-3-2-4-8-18)13-16-29-22-11-5-10-21-19(22)9-6-14-26(21)15-12-23(27)28/h2-5,7-8,10-11H,6,9,12-16H2,1H3,(H,27,28). The normalized spacial score (nSPS) is 13.2. The Morgan fingerprint density at radius 2 is 2.03 bits per heavy atom. The molecule has 0 aliphatic carbocycles. The van der Waals surface area contributed by atoms with Gasteiger partial charge in [-0.05, 0) is 44.0 Å². The average Bonchev–Trinajstić information content (AvgIpc) is 3.13. The van der Waals surface area contributed by atoms with Crippen molar-refractivity contribution in [1.29, 1.82) is 0 Å². The lowest BCUT2D eigenvalue weighted by atomic mass is 10.0. The second-order valence-corrected chi connectivity index (χ2v) is 7.47. The van der Waals surface area contributed by atoms with E-state index < -0.39 is 5.97 Å². The summed E-state index contributed by atoms with van der Waals surface area (Å²) < 4.78 is 12.0. The molecule has 0 unspecified atom stereocenters. The number of aryl methyl sites for hydroxylation is 1. The number of benzene rings is 2. The molecule has 156 valence electrons. The van der Waals surface area contributed by atoms with Gasteiger partial charge in [-0.1, -0.05) is 24.3 Å². The topological polar surface area (TPSA) is 75.8 Å². The maximum Gasteiger partial charge on any atom is 0.305 e. The summed E-state index contributed by atoms with van der Waals surface area (Å²) in [6.45, 7) is 3.84. The van der Waals surface area contributed by atoms with Crippen LogP contribution in [0.25, 0.3) is 11.5 Å². The predicted octanol–water partition coefficient (Wildman–Crippen LogP) is 4.50. The minimum Gasteiger partial charge on any atom is -0.493 e. The number of anilines is 1. The maximum absolute atomic E-state index is 11.0. The zero-order valence-electron chi connectivity index (χ0n) is 17.1. The first-order valence-corrected chi connectivity index (χ1v) is 10.3. The molecule has 0 saturated carbocycles. The first kappa shape index (κ1) is 20.0. The number of hydrogen-bond acceptors (Lipinski definition) is 5. The van der Waals surface area contributed by atoms with Crippen molar-refractivity contribution in [2.45, 2.75) is 32.6 Å². The zero-order valence-corrected chi connectivity index (χ0v) is 17.1. The molecular weight excluding hydrogens is 380 g/mol. The maximum atomic E-state index is 11.0. The summed E-state index contributed by atoms with van der Waals surface area (Å²) >= 11 is 0. The third-order valence-electron chi connectivity index (χ3n) is 5.41. The Morgan fingerprint density at radius 1 is 1.20 bits per heavy atom. The first-order chi connectivity index (χ1) is 14.6. The lowest BCUT2D eigenvalue weighted by Crippen LogP contribution is -2.31. The van der Waals surface area contributed by atoms with E-state index in [1.54, 1.807) is 0 Å². The minimum atomic E-state index is -0.771. The van der Waals surface area contributed by atoms with E-state index in [4.69, 9.17) is 14.3 Å². The van der Waals surface area contributed by atoms with Gasteiger partial charge in [0.2, 0.25) is 5.89 Å². The fourth-order valence-electron chi connectivity index (χ4n) is 3.89. The molecule has 1 aliphatic rings. The van der Waals surface area contributed by atoms with Gasteiger partial charge in [0.1, 0.15) is 11.5 Å². The van der Waals surface area contributed by atoms with Crippen LogP contribution in [-0.4, -0.2) is 35.8 Å². The Labute approximate surface area is 176 Å². The Kier molecular flexibility index (Phi) is 6.02. The number of aromatic nitrogens is 1. The molecule has 4 rings (SSSR count). The minimum absolute atomic E-state index is 0.139. The summed E-state index contributed by atoms with van der Waals surface area (Å²) in [7, 11) is 0. The fraction of sp³-hybridized carbons (Fsp3) is 0.333. The first-order valence-electron chi connectivity index (χ1n) is 10.3. The molecule has 0 amide bonds. The van der Waals surface area contributed by atoms with Crippen molar-refractivity contribution >= 4 is 11.7 Å². The van der Waals surface area contributed by atoms with Crippen molar-refractivity contribution in [3.8, 4) is 17.2 Å². The van der Waals surface area contributed by atoms with Gasteiger partial charge in [0.05, 0.1) is 18.7 Å². The highest BCUT2D eigenvalue weighted by Crippen LogP contribution is 2.34. The number of ether oxygens (including phenoxy) is 1. The molecule has 3 aromatic rings. The highest BCUT2D eigenvalue weighted by atomic mass is 16.5. The van der Waals surface area contributed by atoms with Crippen LogP contribution in [0.2, 0.25) is 0 Å². The lowest BCUT2D eigenvalue weighted by Gasteiger charge is -2.32. The number of nitrogens with zero attached hydrogens (tertiary/aromatic N) is 2. The highest BCUT2D eigenvalue weighted by molar-refractivity contribution is 5.68. The fourth-order valence-corrected chi connectivity index (χ4v) is 3.89. The summed E-state index contributed by atoms with van der Waals surface area (Å²) in [4.78, 5) is 17.7. The van der Waals surface area contributed by atoms with Gasteiger partial charge in [-0.25, -0.2) is 4.98 Å². The van der Waals surface area contributed by atoms with Crippen LogP contribution in [0.1, 0.15) is 29.9 Å². The summed E-state index contributed by atoms with van der Waals surface area (Å²) in [6.07, 6.45) is 2.74. The molecular formula is C24H26N2O4. The van der Waals surface area contributed by atoms with Crippen molar-refractivity contribution in [3.05, 3.63) is 65.5 Å². The predicted molar refractivity (Wildman–Crippen MR) is 115 cm³/mol. The van der Waals surface area contributed by atoms with Gasteiger partial charge in [-0.3, -0.25) is 4.79 Å². The van der Waals surface area contributed by atoms with E-state index in [0.717, 1.165) is 53.4 Å². The van der Waals surface area contributed by atoms with Gasteiger partial charge in [-0.2, -0.15) is 0 Å². The number of fused-ring (bicyclic) bond motifs is 1. The molecule has 0 fully saturated rings. The SMILES string of the molecule is Cc1oc(-c2ccccc2)nc1CCOc1cccc2c1CCCN2CCC(=O)O. The van der Waals surface area contributed by atoms with Crippen LogP contribution < -0.4 is 9.64 Å². The van der Waals surface area contributed by atoms with Crippen molar-refractivity contribution in [1.82, 2.24) is 4.98 Å². The summed E-state index contributed by atoms with van der Waals surface area (Å²) in [5, 5.41) is 9.00. The van der Waals surface area contributed by atoms with Crippen LogP contribution in [0.4, 0.5) is 5.69 Å². The largest absolute Gasteiger partial charge is 0.493 e. The molecule has 1 aliphatic heterocycles. The molecule has 0 radical (unpaired) electrons.